The van der Waals surface area contributed by atoms with Gasteiger partial charge in [-0.1, -0.05) is 0 Å². The molecule has 114 valence electrons. The second kappa shape index (κ2) is 7.03. The molecular formula is C14H19N3O4. The Bertz CT molecular complexity index is 527. The number of hydrogen-bond acceptors (Lipinski definition) is 5. The third kappa shape index (κ3) is 4.16. The summed E-state index contributed by atoms with van der Waals surface area (Å²) < 4.78 is 0. The number of rotatable bonds is 7. The SMILES string of the molecule is O=C(O)c1ccc([N+](=O)[O-])cc1NCCCN1CCCC1. The molecule has 0 bridgehead atoms. The Balaban J connectivity index is 1.94. The molecule has 1 aromatic carbocycles. The summed E-state index contributed by atoms with van der Waals surface area (Å²) in [6, 6.07) is 3.75. The molecule has 1 fully saturated rings. The summed E-state index contributed by atoms with van der Waals surface area (Å²) in [5.41, 5.74) is 0.252. The van der Waals surface area contributed by atoms with Crippen molar-refractivity contribution in [1.82, 2.24) is 4.90 Å². The fourth-order valence-corrected chi connectivity index (χ4v) is 2.51. The number of aromatic carboxylic acids is 1. The predicted octanol–water partition coefficient (Wildman–Crippen LogP) is 2.19. The van der Waals surface area contributed by atoms with E-state index in [0.717, 1.165) is 26.1 Å². The van der Waals surface area contributed by atoms with Crippen molar-refractivity contribution in [3.05, 3.63) is 33.9 Å². The highest BCUT2D eigenvalue weighted by atomic mass is 16.6. The van der Waals surface area contributed by atoms with E-state index in [1.165, 1.54) is 31.0 Å². The number of nitro benzene ring substituents is 1. The Morgan fingerprint density at radius 2 is 2.10 bits per heavy atom. The van der Waals surface area contributed by atoms with Gasteiger partial charge in [-0.2, -0.15) is 0 Å². The van der Waals surface area contributed by atoms with Gasteiger partial charge in [0.15, 0.2) is 0 Å². The minimum atomic E-state index is -1.09. The molecule has 1 heterocycles. The van der Waals surface area contributed by atoms with Crippen molar-refractivity contribution in [3.8, 4) is 0 Å². The number of nitro groups is 1. The van der Waals surface area contributed by atoms with Crippen LogP contribution in [0.2, 0.25) is 0 Å². The van der Waals surface area contributed by atoms with Gasteiger partial charge >= 0.3 is 5.97 Å². The van der Waals surface area contributed by atoms with Crippen LogP contribution in [0.5, 0.6) is 0 Å². The third-order valence-corrected chi connectivity index (χ3v) is 3.61. The van der Waals surface area contributed by atoms with Crippen LogP contribution in [0.1, 0.15) is 29.6 Å². The minimum Gasteiger partial charge on any atom is -0.478 e. The Labute approximate surface area is 122 Å². The quantitative estimate of drug-likeness (QED) is 0.454. The number of carboxylic acids is 1. The number of non-ortho nitro benzene ring substituents is 1. The molecule has 0 unspecified atom stereocenters. The highest BCUT2D eigenvalue weighted by molar-refractivity contribution is 5.94. The van der Waals surface area contributed by atoms with Crippen LogP contribution in [0.3, 0.4) is 0 Å². The summed E-state index contributed by atoms with van der Waals surface area (Å²) in [5, 5.41) is 22.9. The van der Waals surface area contributed by atoms with Crippen molar-refractivity contribution in [2.75, 3.05) is 31.5 Å². The molecule has 2 N–H and O–H groups in total. The van der Waals surface area contributed by atoms with Gasteiger partial charge in [0.05, 0.1) is 16.2 Å². The van der Waals surface area contributed by atoms with Gasteiger partial charge in [-0.05, 0) is 45.0 Å². The van der Waals surface area contributed by atoms with Gasteiger partial charge in [0.1, 0.15) is 0 Å². The summed E-state index contributed by atoms with van der Waals surface area (Å²) in [6.45, 7) is 3.80. The lowest BCUT2D eigenvalue weighted by Gasteiger charge is -2.15. The van der Waals surface area contributed by atoms with Crippen molar-refractivity contribution < 1.29 is 14.8 Å². The van der Waals surface area contributed by atoms with Gasteiger partial charge in [-0.15, -0.1) is 0 Å². The van der Waals surface area contributed by atoms with Crippen molar-refractivity contribution in [3.63, 3.8) is 0 Å². The fourth-order valence-electron chi connectivity index (χ4n) is 2.51. The van der Waals surface area contributed by atoms with Gasteiger partial charge < -0.3 is 15.3 Å². The zero-order valence-electron chi connectivity index (χ0n) is 11.7. The lowest BCUT2D eigenvalue weighted by Crippen LogP contribution is -2.22. The first-order chi connectivity index (χ1) is 10.1. The van der Waals surface area contributed by atoms with E-state index in [1.807, 2.05) is 0 Å². The van der Waals surface area contributed by atoms with Crippen LogP contribution in [0.4, 0.5) is 11.4 Å². The van der Waals surface area contributed by atoms with Crippen molar-refractivity contribution in [1.29, 1.82) is 0 Å². The zero-order chi connectivity index (χ0) is 15.2. The Hall–Kier alpha value is -2.15. The first-order valence-electron chi connectivity index (χ1n) is 7.06. The molecule has 1 saturated heterocycles. The number of carboxylic acid groups (broad SMARTS) is 1. The van der Waals surface area contributed by atoms with Crippen LogP contribution in [-0.4, -0.2) is 47.1 Å². The molecule has 0 radical (unpaired) electrons. The summed E-state index contributed by atoms with van der Waals surface area (Å²) in [5.74, 6) is -1.09. The first kappa shape index (κ1) is 15.2. The second-order valence-electron chi connectivity index (χ2n) is 5.12. The van der Waals surface area contributed by atoms with Gasteiger partial charge in [0, 0.05) is 18.7 Å². The van der Waals surface area contributed by atoms with Gasteiger partial charge in [0.25, 0.3) is 5.69 Å². The number of hydrogen-bond donors (Lipinski definition) is 2. The largest absolute Gasteiger partial charge is 0.478 e. The molecule has 7 heteroatoms. The summed E-state index contributed by atoms with van der Waals surface area (Å²) >= 11 is 0. The van der Waals surface area contributed by atoms with E-state index in [2.05, 4.69) is 10.2 Å². The molecule has 0 spiro atoms. The summed E-state index contributed by atoms with van der Waals surface area (Å²) in [6.07, 6.45) is 3.35. The molecule has 0 aliphatic carbocycles. The van der Waals surface area contributed by atoms with Crippen LogP contribution >= 0.6 is 0 Å². The summed E-state index contributed by atoms with van der Waals surface area (Å²) in [4.78, 5) is 23.7. The van der Waals surface area contributed by atoms with Crippen LogP contribution in [-0.2, 0) is 0 Å². The molecule has 7 nitrogen and oxygen atoms in total. The number of likely N-dealkylation sites (tertiary alicyclic amines) is 1. The Kier molecular flexibility index (Phi) is 5.10. The van der Waals surface area contributed by atoms with E-state index in [0.29, 0.717) is 12.2 Å². The zero-order valence-corrected chi connectivity index (χ0v) is 11.7. The summed E-state index contributed by atoms with van der Waals surface area (Å²) in [7, 11) is 0. The standard InChI is InChI=1S/C14H19N3O4/c18-14(19)12-5-4-11(17(20)21)10-13(12)15-6-3-9-16-7-1-2-8-16/h4-5,10,15H,1-3,6-9H2,(H,18,19). The molecule has 2 rings (SSSR count). The lowest BCUT2D eigenvalue weighted by atomic mass is 10.1. The molecule has 1 aliphatic rings. The molecule has 1 aromatic rings. The van der Waals surface area contributed by atoms with Crippen LogP contribution in [0.15, 0.2) is 18.2 Å². The maximum absolute atomic E-state index is 11.1. The number of nitrogens with zero attached hydrogens (tertiary/aromatic N) is 2. The first-order valence-corrected chi connectivity index (χ1v) is 7.06. The van der Waals surface area contributed by atoms with Gasteiger partial charge in [-0.25, -0.2) is 4.79 Å². The van der Waals surface area contributed by atoms with Gasteiger partial charge in [0.2, 0.25) is 0 Å². The van der Waals surface area contributed by atoms with E-state index in [9.17, 15) is 14.9 Å². The molecule has 0 amide bonds. The highest BCUT2D eigenvalue weighted by Gasteiger charge is 2.15. The van der Waals surface area contributed by atoms with E-state index in [-0.39, 0.29) is 11.3 Å². The monoisotopic (exact) mass is 293 g/mol. The van der Waals surface area contributed by atoms with Crippen molar-refractivity contribution in [2.24, 2.45) is 0 Å². The van der Waals surface area contributed by atoms with E-state index in [4.69, 9.17) is 5.11 Å². The fraction of sp³-hybridized carbons (Fsp3) is 0.500. The lowest BCUT2D eigenvalue weighted by molar-refractivity contribution is -0.384. The van der Waals surface area contributed by atoms with E-state index >= 15 is 0 Å². The Morgan fingerprint density at radius 1 is 1.38 bits per heavy atom. The number of anilines is 1. The van der Waals surface area contributed by atoms with E-state index < -0.39 is 10.9 Å². The third-order valence-electron chi connectivity index (χ3n) is 3.61. The van der Waals surface area contributed by atoms with Gasteiger partial charge in [-0.3, -0.25) is 10.1 Å². The smallest absolute Gasteiger partial charge is 0.337 e. The molecular weight excluding hydrogens is 274 g/mol. The normalized spacial score (nSPS) is 15.0. The van der Waals surface area contributed by atoms with Crippen LogP contribution in [0, 0.1) is 10.1 Å². The van der Waals surface area contributed by atoms with Crippen molar-refractivity contribution >= 4 is 17.3 Å². The van der Waals surface area contributed by atoms with Crippen LogP contribution in [0.25, 0.3) is 0 Å². The maximum atomic E-state index is 11.1. The number of carbonyl (C=O) groups is 1. The number of nitrogens with one attached hydrogen (secondary N) is 1. The topological polar surface area (TPSA) is 95.7 Å². The van der Waals surface area contributed by atoms with Crippen molar-refractivity contribution in [2.45, 2.75) is 19.3 Å². The average molecular weight is 293 g/mol. The second-order valence-corrected chi connectivity index (χ2v) is 5.12. The molecule has 0 atom stereocenters. The maximum Gasteiger partial charge on any atom is 0.337 e. The Morgan fingerprint density at radius 3 is 2.71 bits per heavy atom. The van der Waals surface area contributed by atoms with Crippen LogP contribution < -0.4 is 5.32 Å². The van der Waals surface area contributed by atoms with E-state index in [1.54, 1.807) is 0 Å². The number of benzene rings is 1. The highest BCUT2D eigenvalue weighted by Crippen LogP contribution is 2.22. The average Bonchev–Trinajstić information content (AvgIpc) is 2.96. The minimum absolute atomic E-state index is 0.0572. The predicted molar refractivity (Wildman–Crippen MR) is 78.8 cm³/mol. The molecule has 0 aromatic heterocycles. The molecule has 1 aliphatic heterocycles. The molecule has 21 heavy (non-hydrogen) atoms. The molecule has 0 saturated carbocycles.